The van der Waals surface area contributed by atoms with Gasteiger partial charge in [-0.2, -0.15) is 0 Å². The van der Waals surface area contributed by atoms with Crippen LogP contribution in [0.3, 0.4) is 0 Å². The van der Waals surface area contributed by atoms with Crippen LogP contribution in [0.25, 0.3) is 11.3 Å². The number of aromatic nitrogens is 1. The molecule has 1 aromatic carbocycles. The Kier molecular flexibility index (Phi) is 3.38. The van der Waals surface area contributed by atoms with E-state index < -0.39 is 5.97 Å². The monoisotopic (exact) mass is 337 g/mol. The summed E-state index contributed by atoms with van der Waals surface area (Å²) in [6.07, 6.45) is 3.09. The van der Waals surface area contributed by atoms with Gasteiger partial charge >= 0.3 is 5.97 Å². The van der Waals surface area contributed by atoms with Gasteiger partial charge in [-0.15, -0.1) is 0 Å². The summed E-state index contributed by atoms with van der Waals surface area (Å²) in [5, 5.41) is 9.27. The smallest absolute Gasteiger partial charge is 0.337 e. The molecular weight excluding hydrogens is 325 g/mol. The number of nitrogens with one attached hydrogen (secondary N) is 1. The maximum atomic E-state index is 13.3. The topological polar surface area (TPSA) is 53.1 Å². The summed E-state index contributed by atoms with van der Waals surface area (Å²) in [7, 11) is 0. The fourth-order valence-corrected chi connectivity index (χ4v) is 2.66. The zero-order chi connectivity index (χ0) is 14.3. The number of carbonyl (C=O) groups is 1. The number of hydrogen-bond acceptors (Lipinski definition) is 1. The first-order chi connectivity index (χ1) is 9.54. The van der Waals surface area contributed by atoms with E-state index in [0.717, 1.165) is 30.5 Å². The zero-order valence-electron chi connectivity index (χ0n) is 10.6. The second-order valence-electron chi connectivity index (χ2n) is 5.16. The minimum Gasteiger partial charge on any atom is -0.478 e. The van der Waals surface area contributed by atoms with Crippen LogP contribution in [0, 0.1) is 11.7 Å². The number of aromatic amines is 1. The number of carboxylic acid groups (broad SMARTS) is 1. The molecule has 104 valence electrons. The van der Waals surface area contributed by atoms with Gasteiger partial charge in [0.15, 0.2) is 0 Å². The molecule has 2 aromatic rings. The fourth-order valence-electron chi connectivity index (χ4n) is 2.28. The highest BCUT2D eigenvalue weighted by molar-refractivity contribution is 9.10. The van der Waals surface area contributed by atoms with Crippen LogP contribution in [0.4, 0.5) is 4.39 Å². The Morgan fingerprint density at radius 2 is 2.15 bits per heavy atom. The summed E-state index contributed by atoms with van der Waals surface area (Å²) in [5.74, 6) is -0.666. The second kappa shape index (κ2) is 5.05. The lowest BCUT2D eigenvalue weighted by atomic mass is 10.1. The number of hydrogen-bond donors (Lipinski definition) is 2. The van der Waals surface area contributed by atoms with E-state index in [1.165, 1.54) is 6.07 Å². The molecule has 0 bridgehead atoms. The number of H-pyrrole nitrogens is 1. The van der Waals surface area contributed by atoms with Crippen molar-refractivity contribution in [3.8, 4) is 11.3 Å². The lowest BCUT2D eigenvalue weighted by Gasteiger charge is -2.01. The molecule has 5 heteroatoms. The minimum absolute atomic E-state index is 0.312. The van der Waals surface area contributed by atoms with E-state index in [9.17, 15) is 14.3 Å². The molecule has 0 atom stereocenters. The van der Waals surface area contributed by atoms with Crippen LogP contribution in [-0.2, 0) is 6.42 Å². The van der Waals surface area contributed by atoms with Crippen molar-refractivity contribution in [1.29, 1.82) is 0 Å². The van der Waals surface area contributed by atoms with Gasteiger partial charge in [-0.1, -0.05) is 0 Å². The van der Waals surface area contributed by atoms with Crippen LogP contribution in [0.15, 0.2) is 28.7 Å². The van der Waals surface area contributed by atoms with E-state index in [1.807, 2.05) is 0 Å². The van der Waals surface area contributed by atoms with Gasteiger partial charge in [0.1, 0.15) is 5.82 Å². The average Bonchev–Trinajstić information content (AvgIpc) is 3.10. The summed E-state index contributed by atoms with van der Waals surface area (Å²) in [6.45, 7) is 0. The average molecular weight is 338 g/mol. The highest BCUT2D eigenvalue weighted by atomic mass is 79.9. The van der Waals surface area contributed by atoms with Gasteiger partial charge in [0.2, 0.25) is 0 Å². The lowest BCUT2D eigenvalue weighted by molar-refractivity contribution is 0.0696. The van der Waals surface area contributed by atoms with Crippen molar-refractivity contribution in [2.75, 3.05) is 0 Å². The Bertz CT molecular complexity index is 677. The van der Waals surface area contributed by atoms with Crippen molar-refractivity contribution >= 4 is 21.9 Å². The van der Waals surface area contributed by atoms with Crippen molar-refractivity contribution < 1.29 is 14.3 Å². The quantitative estimate of drug-likeness (QED) is 0.876. The van der Waals surface area contributed by atoms with Crippen LogP contribution >= 0.6 is 15.9 Å². The maximum Gasteiger partial charge on any atom is 0.337 e. The molecule has 0 spiro atoms. The standard InChI is InChI=1S/C15H13BrFNO2/c16-11-6-9(3-4-12(11)17)13-7-10(15(19)20)14(18-13)5-8-1-2-8/h3-4,6-8,18H,1-2,5H2,(H,19,20). The number of carboxylic acids is 1. The van der Waals surface area contributed by atoms with Crippen LogP contribution < -0.4 is 0 Å². The normalized spacial score (nSPS) is 14.5. The summed E-state index contributed by atoms with van der Waals surface area (Å²) in [4.78, 5) is 14.5. The molecule has 0 saturated heterocycles. The van der Waals surface area contributed by atoms with E-state index in [4.69, 9.17) is 0 Å². The highest BCUT2D eigenvalue weighted by Gasteiger charge is 2.25. The van der Waals surface area contributed by atoms with Gasteiger partial charge in [-0.3, -0.25) is 0 Å². The predicted molar refractivity (Wildman–Crippen MR) is 77.3 cm³/mol. The Hall–Kier alpha value is -1.62. The lowest BCUT2D eigenvalue weighted by Crippen LogP contribution is -2.00. The van der Waals surface area contributed by atoms with Crippen molar-refractivity contribution in [1.82, 2.24) is 4.98 Å². The first kappa shape index (κ1) is 13.4. The van der Waals surface area contributed by atoms with E-state index in [1.54, 1.807) is 18.2 Å². The maximum absolute atomic E-state index is 13.3. The first-order valence-corrected chi connectivity index (χ1v) is 7.24. The SMILES string of the molecule is O=C(O)c1cc(-c2ccc(F)c(Br)c2)[nH]c1CC1CC1. The molecule has 0 amide bonds. The van der Waals surface area contributed by atoms with Gasteiger partial charge in [0.05, 0.1) is 10.0 Å². The van der Waals surface area contributed by atoms with E-state index in [-0.39, 0.29) is 5.82 Å². The molecule has 1 aromatic heterocycles. The summed E-state index contributed by atoms with van der Waals surface area (Å²) in [5.41, 5.74) is 2.55. The largest absolute Gasteiger partial charge is 0.478 e. The van der Waals surface area contributed by atoms with Crippen molar-refractivity contribution in [3.63, 3.8) is 0 Å². The zero-order valence-corrected chi connectivity index (χ0v) is 12.2. The van der Waals surface area contributed by atoms with Crippen LogP contribution in [0.1, 0.15) is 28.9 Å². The number of benzene rings is 1. The highest BCUT2D eigenvalue weighted by Crippen LogP contribution is 2.34. The molecule has 2 N–H and O–H groups in total. The molecule has 1 saturated carbocycles. The summed E-state index contributed by atoms with van der Waals surface area (Å²) >= 11 is 3.14. The Balaban J connectivity index is 2.00. The third kappa shape index (κ3) is 2.63. The second-order valence-corrected chi connectivity index (χ2v) is 6.01. The minimum atomic E-state index is -0.927. The van der Waals surface area contributed by atoms with Crippen LogP contribution in [0.5, 0.6) is 0 Å². The molecule has 3 nitrogen and oxygen atoms in total. The van der Waals surface area contributed by atoms with Gasteiger partial charge < -0.3 is 10.1 Å². The van der Waals surface area contributed by atoms with E-state index >= 15 is 0 Å². The third-order valence-electron chi connectivity index (χ3n) is 3.55. The molecule has 20 heavy (non-hydrogen) atoms. The van der Waals surface area contributed by atoms with E-state index in [2.05, 4.69) is 20.9 Å². The van der Waals surface area contributed by atoms with Crippen molar-refractivity contribution in [2.45, 2.75) is 19.3 Å². The van der Waals surface area contributed by atoms with E-state index in [0.29, 0.717) is 21.6 Å². The molecule has 0 radical (unpaired) electrons. The first-order valence-electron chi connectivity index (χ1n) is 6.45. The van der Waals surface area contributed by atoms with Gasteiger partial charge in [-0.05, 0) is 70.9 Å². The van der Waals surface area contributed by atoms with Gasteiger partial charge in [0.25, 0.3) is 0 Å². The Morgan fingerprint density at radius 3 is 2.75 bits per heavy atom. The fraction of sp³-hybridized carbons (Fsp3) is 0.267. The molecule has 0 unspecified atom stereocenters. The molecule has 3 rings (SSSR count). The third-order valence-corrected chi connectivity index (χ3v) is 4.16. The molecule has 1 fully saturated rings. The van der Waals surface area contributed by atoms with Crippen LogP contribution in [0.2, 0.25) is 0 Å². The molecule has 1 heterocycles. The number of halogens is 2. The predicted octanol–water partition coefficient (Wildman–Crippen LogP) is 4.23. The number of aromatic carboxylic acids is 1. The molecular formula is C15H13BrFNO2. The molecule has 1 aliphatic carbocycles. The van der Waals surface area contributed by atoms with Crippen molar-refractivity contribution in [2.24, 2.45) is 5.92 Å². The Labute approximate surface area is 124 Å². The van der Waals surface area contributed by atoms with Gasteiger partial charge in [0, 0.05) is 11.4 Å². The summed E-state index contributed by atoms with van der Waals surface area (Å²) < 4.78 is 13.6. The summed E-state index contributed by atoms with van der Waals surface area (Å²) in [6, 6.07) is 6.27. The molecule has 0 aliphatic heterocycles. The van der Waals surface area contributed by atoms with Crippen molar-refractivity contribution in [3.05, 3.63) is 45.8 Å². The Morgan fingerprint density at radius 1 is 1.40 bits per heavy atom. The van der Waals surface area contributed by atoms with Crippen LogP contribution in [-0.4, -0.2) is 16.1 Å². The number of rotatable bonds is 4. The molecule has 1 aliphatic rings. The van der Waals surface area contributed by atoms with Gasteiger partial charge in [-0.25, -0.2) is 9.18 Å².